The zero-order valence-corrected chi connectivity index (χ0v) is 38.1. The average molecular weight is 897 g/mol. The van der Waals surface area contributed by atoms with Crippen molar-refractivity contribution in [2.24, 2.45) is 44.3 Å². The summed E-state index contributed by atoms with van der Waals surface area (Å²) in [4.78, 5) is 0. The molecule has 3 heterocycles. The first-order valence-corrected chi connectivity index (χ1v) is 23.5. The van der Waals surface area contributed by atoms with E-state index in [4.69, 9.17) is 28.4 Å². The normalized spacial score (nSPS) is 54.5. The number of aliphatic hydroxyl groups excluding tert-OH is 10. The molecule has 0 aromatic heterocycles. The van der Waals surface area contributed by atoms with Gasteiger partial charge >= 0.3 is 0 Å². The molecule has 0 aromatic carbocycles. The number of ether oxygens (including phenoxy) is 6. The van der Waals surface area contributed by atoms with Crippen molar-refractivity contribution in [1.29, 1.82) is 0 Å². The van der Waals surface area contributed by atoms with Gasteiger partial charge in [0.25, 0.3) is 0 Å². The van der Waals surface area contributed by atoms with Gasteiger partial charge < -0.3 is 79.5 Å². The van der Waals surface area contributed by atoms with Crippen LogP contribution in [0.25, 0.3) is 0 Å². The molecule has 4 saturated carbocycles. The maximum absolute atomic E-state index is 11.8. The summed E-state index contributed by atoms with van der Waals surface area (Å²) in [6.07, 6.45) is -8.59. The van der Waals surface area contributed by atoms with E-state index in [2.05, 4.69) is 53.7 Å². The predicted molar refractivity (Wildman–Crippen MR) is 224 cm³/mol. The average Bonchev–Trinajstić information content (AvgIpc) is 3.24. The van der Waals surface area contributed by atoms with Gasteiger partial charge in [0.15, 0.2) is 18.9 Å². The minimum Gasteiger partial charge on any atom is -0.396 e. The number of hydrogen-bond donors (Lipinski definition) is 10. The fourth-order valence-corrected chi connectivity index (χ4v) is 14.1. The van der Waals surface area contributed by atoms with Crippen LogP contribution in [0.1, 0.15) is 106 Å². The Bertz CT molecular complexity index is 1720. The summed E-state index contributed by atoms with van der Waals surface area (Å²) >= 11 is 0. The number of hydrogen-bond acceptors (Lipinski definition) is 16. The van der Waals surface area contributed by atoms with Crippen molar-refractivity contribution in [2.45, 2.75) is 198 Å². The van der Waals surface area contributed by atoms with Crippen LogP contribution in [-0.2, 0) is 28.4 Å². The molecule has 22 unspecified atom stereocenters. The lowest BCUT2D eigenvalue weighted by Crippen LogP contribution is -2.66. The van der Waals surface area contributed by atoms with Crippen LogP contribution >= 0.6 is 0 Å². The van der Waals surface area contributed by atoms with Gasteiger partial charge in [-0.2, -0.15) is 0 Å². The van der Waals surface area contributed by atoms with E-state index in [0.29, 0.717) is 12.3 Å². The Labute approximate surface area is 371 Å². The largest absolute Gasteiger partial charge is 0.396 e. The number of rotatable bonds is 9. The second-order valence-corrected chi connectivity index (χ2v) is 22.5. The van der Waals surface area contributed by atoms with Crippen molar-refractivity contribution >= 4 is 0 Å². The van der Waals surface area contributed by atoms with Crippen molar-refractivity contribution in [1.82, 2.24) is 0 Å². The molecule has 0 bridgehead atoms. The lowest BCUT2D eigenvalue weighted by atomic mass is 9.36. The highest BCUT2D eigenvalue weighted by molar-refractivity contribution is 5.46. The summed E-state index contributed by atoms with van der Waals surface area (Å²) in [5, 5.41) is 108. The molecule has 3 saturated heterocycles. The lowest BCUT2D eigenvalue weighted by Gasteiger charge is -2.69. The van der Waals surface area contributed by atoms with Crippen molar-refractivity contribution in [2.75, 3.05) is 26.4 Å². The Morgan fingerprint density at radius 1 is 0.635 bits per heavy atom. The Balaban J connectivity index is 0.990. The van der Waals surface area contributed by atoms with E-state index in [1.165, 1.54) is 11.1 Å². The topological polar surface area (TPSA) is 258 Å². The fraction of sp³-hybridized carbons (Fsp3) is 0.915. The summed E-state index contributed by atoms with van der Waals surface area (Å²) < 4.78 is 35.6. The Hall–Kier alpha value is -1.16. The highest BCUT2D eigenvalue weighted by atomic mass is 16.8. The molecule has 16 heteroatoms. The van der Waals surface area contributed by atoms with Crippen LogP contribution in [0.3, 0.4) is 0 Å². The van der Waals surface area contributed by atoms with Gasteiger partial charge in [0.1, 0.15) is 61.0 Å². The lowest BCUT2D eigenvalue weighted by molar-refractivity contribution is -0.378. The molecule has 63 heavy (non-hydrogen) atoms. The van der Waals surface area contributed by atoms with E-state index in [-0.39, 0.29) is 52.8 Å². The summed E-state index contributed by atoms with van der Waals surface area (Å²) in [5.41, 5.74) is 1.83. The smallest absolute Gasteiger partial charge is 0.187 e. The first-order valence-electron chi connectivity index (χ1n) is 23.5. The van der Waals surface area contributed by atoms with Crippen molar-refractivity contribution in [3.63, 3.8) is 0 Å². The van der Waals surface area contributed by atoms with Crippen LogP contribution in [0.4, 0.5) is 0 Å². The van der Waals surface area contributed by atoms with Crippen molar-refractivity contribution < 1.29 is 79.5 Å². The molecule has 8 aliphatic rings. The van der Waals surface area contributed by atoms with Crippen LogP contribution in [0.5, 0.6) is 0 Å². The van der Waals surface area contributed by atoms with Gasteiger partial charge in [-0.25, -0.2) is 0 Å². The van der Waals surface area contributed by atoms with Gasteiger partial charge in [-0.1, -0.05) is 64.8 Å². The fourth-order valence-electron chi connectivity index (χ4n) is 14.1. The monoisotopic (exact) mass is 897 g/mol. The van der Waals surface area contributed by atoms with E-state index < -0.39 is 104 Å². The second kappa shape index (κ2) is 17.1. The van der Waals surface area contributed by atoms with E-state index in [1.54, 1.807) is 6.92 Å². The Morgan fingerprint density at radius 3 is 1.98 bits per heavy atom. The molecule has 360 valence electrons. The quantitative estimate of drug-likeness (QED) is 0.146. The third-order valence-corrected chi connectivity index (χ3v) is 18.5. The standard InChI is InChI=1S/C47H76O16/c1-23-31(52)38(63-40-35(56)33(54)37(27(19-48)60-40)62-39-34(55)32(53)26(51)20-58-39)36(57)41(59-23)61-30-11-12-43(4)28(44(30,5)21-49)10-13-46(7)29(43)9-8-24-25-18-42(2,3)14-16-47(25,22-50)17-15-45(24,46)6/h8-9,23,25-28,30-41,48-57H,10-22H2,1-7H3. The zero-order chi connectivity index (χ0) is 45.8. The van der Waals surface area contributed by atoms with Crippen molar-refractivity contribution in [3.8, 4) is 0 Å². The molecule has 3 aliphatic heterocycles. The van der Waals surface area contributed by atoms with Crippen LogP contribution in [0.2, 0.25) is 0 Å². The number of fused-ring (bicyclic) bond motifs is 7. The summed E-state index contributed by atoms with van der Waals surface area (Å²) in [6, 6.07) is 0. The zero-order valence-electron chi connectivity index (χ0n) is 38.1. The first kappa shape index (κ1) is 48.3. The number of allylic oxidation sites excluding steroid dienone is 4. The Morgan fingerprint density at radius 2 is 1.30 bits per heavy atom. The molecule has 0 amide bonds. The molecule has 16 nitrogen and oxygen atoms in total. The molecular formula is C47H76O16. The maximum Gasteiger partial charge on any atom is 0.187 e. The van der Waals surface area contributed by atoms with Crippen molar-refractivity contribution in [3.05, 3.63) is 23.3 Å². The maximum atomic E-state index is 11.8. The van der Waals surface area contributed by atoms with E-state index in [1.807, 2.05) is 0 Å². The summed E-state index contributed by atoms with van der Waals surface area (Å²) in [5.74, 6) is 0.346. The van der Waals surface area contributed by atoms with Gasteiger partial charge in [-0.3, -0.25) is 0 Å². The summed E-state index contributed by atoms with van der Waals surface area (Å²) in [7, 11) is 0. The molecule has 0 radical (unpaired) electrons. The van der Waals surface area contributed by atoms with Gasteiger partial charge in [-0.15, -0.1) is 0 Å². The summed E-state index contributed by atoms with van der Waals surface area (Å²) in [6.45, 7) is 14.6. The van der Waals surface area contributed by atoms with E-state index in [0.717, 1.165) is 51.4 Å². The minimum absolute atomic E-state index is 0.0162. The molecule has 0 aromatic rings. The Kier molecular flexibility index (Phi) is 13.1. The van der Waals surface area contributed by atoms with Crippen LogP contribution in [-0.4, -0.2) is 170 Å². The van der Waals surface area contributed by atoms with E-state index >= 15 is 0 Å². The highest BCUT2D eigenvalue weighted by Crippen LogP contribution is 2.74. The first-order chi connectivity index (χ1) is 29.5. The third kappa shape index (κ3) is 7.57. The van der Waals surface area contributed by atoms with Gasteiger partial charge in [0.2, 0.25) is 0 Å². The molecule has 8 rings (SSSR count). The van der Waals surface area contributed by atoms with Crippen LogP contribution in [0, 0.1) is 44.3 Å². The van der Waals surface area contributed by atoms with Crippen LogP contribution < -0.4 is 0 Å². The van der Waals surface area contributed by atoms with Gasteiger partial charge in [0.05, 0.1) is 32.0 Å². The predicted octanol–water partition coefficient (Wildman–Crippen LogP) is 1.17. The molecule has 7 fully saturated rings. The van der Waals surface area contributed by atoms with Crippen LogP contribution in [0.15, 0.2) is 23.3 Å². The number of aliphatic hydroxyl groups is 10. The highest BCUT2D eigenvalue weighted by Gasteiger charge is 2.67. The minimum atomic E-state index is -1.85. The molecule has 10 N–H and O–H groups in total. The SMILES string of the molecule is CC1OC(OC2CCC3(C)C4=CC=C5C6CC(C)(C)CCC6(CO)CCC5(C)C4(C)CCC3C2(C)CO)C(O)C(OC2OC(CO)C(OC3OCC(O)C(O)C3O)C(O)C2O)C1O. The molecule has 5 aliphatic carbocycles. The van der Waals surface area contributed by atoms with Gasteiger partial charge in [0, 0.05) is 17.4 Å². The molecule has 22 atom stereocenters. The third-order valence-electron chi connectivity index (χ3n) is 18.5. The van der Waals surface area contributed by atoms with Gasteiger partial charge in [-0.05, 0) is 98.2 Å². The van der Waals surface area contributed by atoms with E-state index in [9.17, 15) is 51.1 Å². The molecule has 0 spiro atoms. The second-order valence-electron chi connectivity index (χ2n) is 22.5. The molecular weight excluding hydrogens is 821 g/mol.